The Morgan fingerprint density at radius 3 is 2.77 bits per heavy atom. The van der Waals surface area contributed by atoms with E-state index in [-0.39, 0.29) is 28.9 Å². The molecule has 0 atom stereocenters. The quantitative estimate of drug-likeness (QED) is 0.788. The molecule has 1 aromatic heterocycles. The summed E-state index contributed by atoms with van der Waals surface area (Å²) < 4.78 is 13.5. The lowest BCUT2D eigenvalue weighted by Crippen LogP contribution is -2.25. The summed E-state index contributed by atoms with van der Waals surface area (Å²) in [5.74, 6) is -1.05. The molecule has 2 aromatic rings. The maximum absolute atomic E-state index is 13.5. The van der Waals surface area contributed by atoms with Crippen LogP contribution < -0.4 is 10.6 Å². The maximum Gasteiger partial charge on any atom is 0.252 e. The average molecular weight is 341 g/mol. The van der Waals surface area contributed by atoms with Crippen LogP contribution in [-0.4, -0.2) is 18.4 Å². The van der Waals surface area contributed by atoms with Gasteiger partial charge in [-0.1, -0.05) is 11.6 Å². The van der Waals surface area contributed by atoms with E-state index >= 15 is 0 Å². The van der Waals surface area contributed by atoms with Crippen LogP contribution >= 0.6 is 22.9 Å². The third-order valence-corrected chi connectivity index (χ3v) is 3.77. The highest BCUT2D eigenvalue weighted by atomic mass is 35.5. The smallest absolute Gasteiger partial charge is 0.252 e. The number of amides is 2. The van der Waals surface area contributed by atoms with Gasteiger partial charge in [0.05, 0.1) is 5.69 Å². The molecule has 1 heterocycles. The van der Waals surface area contributed by atoms with Gasteiger partial charge in [0.1, 0.15) is 5.82 Å². The summed E-state index contributed by atoms with van der Waals surface area (Å²) in [6.07, 6.45) is 0.656. The Morgan fingerprint density at radius 1 is 1.27 bits per heavy atom. The Balaban J connectivity index is 1.71. The van der Waals surface area contributed by atoms with E-state index in [1.54, 1.807) is 11.4 Å². The van der Waals surface area contributed by atoms with Crippen molar-refractivity contribution in [3.05, 3.63) is 51.4 Å². The molecule has 2 amide bonds. The van der Waals surface area contributed by atoms with Gasteiger partial charge < -0.3 is 10.6 Å². The van der Waals surface area contributed by atoms with Crippen molar-refractivity contribution in [1.82, 2.24) is 5.32 Å². The van der Waals surface area contributed by atoms with Crippen LogP contribution in [0.3, 0.4) is 0 Å². The molecule has 1 aromatic carbocycles. The van der Waals surface area contributed by atoms with Gasteiger partial charge in [0.15, 0.2) is 0 Å². The molecule has 0 aliphatic carbocycles. The SMILES string of the molecule is O=C(CCCNC(=O)c1ccsc1)Nc1ccc(Cl)cc1F. The van der Waals surface area contributed by atoms with Crippen molar-refractivity contribution in [1.29, 1.82) is 0 Å². The van der Waals surface area contributed by atoms with Crippen LogP contribution in [0.25, 0.3) is 0 Å². The molecular formula is C15H14ClFN2O2S. The molecule has 7 heteroatoms. The molecule has 2 N–H and O–H groups in total. The van der Waals surface area contributed by atoms with Gasteiger partial charge in [-0.25, -0.2) is 4.39 Å². The van der Waals surface area contributed by atoms with Crippen LogP contribution in [0.2, 0.25) is 5.02 Å². The summed E-state index contributed by atoms with van der Waals surface area (Å²) in [7, 11) is 0. The molecule has 0 saturated heterocycles. The molecule has 0 bridgehead atoms. The van der Waals surface area contributed by atoms with E-state index in [0.717, 1.165) is 6.07 Å². The number of benzene rings is 1. The molecule has 0 unspecified atom stereocenters. The second-order valence-corrected chi connectivity index (χ2v) is 5.76. The number of anilines is 1. The molecule has 22 heavy (non-hydrogen) atoms. The van der Waals surface area contributed by atoms with E-state index in [2.05, 4.69) is 10.6 Å². The lowest BCUT2D eigenvalue weighted by Gasteiger charge is -2.07. The van der Waals surface area contributed by atoms with Crippen molar-refractivity contribution < 1.29 is 14.0 Å². The second-order valence-electron chi connectivity index (χ2n) is 4.54. The number of hydrogen-bond acceptors (Lipinski definition) is 3. The van der Waals surface area contributed by atoms with Crippen molar-refractivity contribution in [2.45, 2.75) is 12.8 Å². The standard InChI is InChI=1S/C15H14ClFN2O2S/c16-11-3-4-13(12(17)8-11)19-14(20)2-1-6-18-15(21)10-5-7-22-9-10/h3-5,7-9H,1-2,6H2,(H,18,21)(H,19,20). The Morgan fingerprint density at radius 2 is 2.09 bits per heavy atom. The zero-order valence-electron chi connectivity index (χ0n) is 11.6. The van der Waals surface area contributed by atoms with Gasteiger partial charge in [0.2, 0.25) is 5.91 Å². The molecule has 0 fully saturated rings. The highest BCUT2D eigenvalue weighted by Gasteiger charge is 2.08. The van der Waals surface area contributed by atoms with Crippen LogP contribution in [0.15, 0.2) is 35.0 Å². The predicted molar refractivity (Wildman–Crippen MR) is 85.9 cm³/mol. The minimum absolute atomic E-state index is 0.0942. The maximum atomic E-state index is 13.5. The van der Waals surface area contributed by atoms with Crippen LogP contribution in [0.1, 0.15) is 23.2 Å². The number of rotatable bonds is 6. The minimum atomic E-state index is -0.577. The Bertz CT molecular complexity index is 662. The fraction of sp³-hybridized carbons (Fsp3) is 0.200. The second kappa shape index (κ2) is 7.91. The van der Waals surface area contributed by atoms with Gasteiger partial charge in [0, 0.05) is 28.9 Å². The van der Waals surface area contributed by atoms with Gasteiger partial charge in [-0.05, 0) is 36.1 Å². The van der Waals surface area contributed by atoms with E-state index in [4.69, 9.17) is 11.6 Å². The molecule has 0 radical (unpaired) electrons. The van der Waals surface area contributed by atoms with Gasteiger partial charge >= 0.3 is 0 Å². The van der Waals surface area contributed by atoms with Crippen LogP contribution in [0.5, 0.6) is 0 Å². The van der Waals surface area contributed by atoms with Gasteiger partial charge in [-0.2, -0.15) is 11.3 Å². The first kappa shape index (κ1) is 16.5. The number of carbonyl (C=O) groups excluding carboxylic acids is 2. The average Bonchev–Trinajstić information content (AvgIpc) is 3.01. The summed E-state index contributed by atoms with van der Waals surface area (Å²) >= 11 is 7.08. The lowest BCUT2D eigenvalue weighted by atomic mass is 10.2. The number of hydrogen-bond donors (Lipinski definition) is 2. The summed E-state index contributed by atoms with van der Waals surface area (Å²) in [4.78, 5) is 23.4. The normalized spacial score (nSPS) is 10.3. The van der Waals surface area contributed by atoms with E-state index in [1.807, 2.05) is 5.38 Å². The number of nitrogens with one attached hydrogen (secondary N) is 2. The third-order valence-electron chi connectivity index (χ3n) is 2.85. The zero-order valence-corrected chi connectivity index (χ0v) is 13.1. The van der Waals surface area contributed by atoms with E-state index in [1.165, 1.54) is 23.5 Å². The van der Waals surface area contributed by atoms with E-state index in [0.29, 0.717) is 18.5 Å². The van der Waals surface area contributed by atoms with Crippen LogP contribution in [0.4, 0.5) is 10.1 Å². The minimum Gasteiger partial charge on any atom is -0.352 e. The van der Waals surface area contributed by atoms with Crippen molar-refractivity contribution >= 4 is 40.4 Å². The Hall–Kier alpha value is -1.92. The Labute approximate surface area is 136 Å². The molecule has 2 rings (SSSR count). The van der Waals surface area contributed by atoms with Gasteiger partial charge in [0.25, 0.3) is 5.91 Å². The molecule has 0 aliphatic rings. The predicted octanol–water partition coefficient (Wildman–Crippen LogP) is 3.69. The summed E-state index contributed by atoms with van der Waals surface area (Å²) in [6.45, 7) is 0.380. The molecule has 0 aliphatic heterocycles. The van der Waals surface area contributed by atoms with E-state index in [9.17, 15) is 14.0 Å². The topological polar surface area (TPSA) is 58.2 Å². The molecule has 0 saturated carbocycles. The fourth-order valence-electron chi connectivity index (χ4n) is 1.75. The molecule has 116 valence electrons. The van der Waals surface area contributed by atoms with Crippen molar-refractivity contribution in [3.63, 3.8) is 0 Å². The first-order chi connectivity index (χ1) is 10.6. The summed E-state index contributed by atoms with van der Waals surface area (Å²) in [6, 6.07) is 5.78. The largest absolute Gasteiger partial charge is 0.352 e. The fourth-order valence-corrected chi connectivity index (χ4v) is 2.54. The monoisotopic (exact) mass is 340 g/mol. The van der Waals surface area contributed by atoms with Gasteiger partial charge in [-0.3, -0.25) is 9.59 Å². The molecule has 0 spiro atoms. The van der Waals surface area contributed by atoms with Crippen molar-refractivity contribution in [2.75, 3.05) is 11.9 Å². The first-order valence-electron chi connectivity index (χ1n) is 6.61. The van der Waals surface area contributed by atoms with Gasteiger partial charge in [-0.15, -0.1) is 0 Å². The summed E-state index contributed by atoms with van der Waals surface area (Å²) in [5.41, 5.74) is 0.703. The Kier molecular flexibility index (Phi) is 5.91. The molecule has 4 nitrogen and oxygen atoms in total. The number of halogens is 2. The molecular weight excluding hydrogens is 327 g/mol. The lowest BCUT2D eigenvalue weighted by molar-refractivity contribution is -0.116. The highest BCUT2D eigenvalue weighted by molar-refractivity contribution is 7.08. The van der Waals surface area contributed by atoms with Crippen LogP contribution in [-0.2, 0) is 4.79 Å². The van der Waals surface area contributed by atoms with Crippen LogP contribution in [0, 0.1) is 5.82 Å². The number of thiophene rings is 1. The third kappa shape index (κ3) is 4.82. The number of carbonyl (C=O) groups is 2. The van der Waals surface area contributed by atoms with E-state index < -0.39 is 5.82 Å². The highest BCUT2D eigenvalue weighted by Crippen LogP contribution is 2.19. The zero-order chi connectivity index (χ0) is 15.9. The first-order valence-corrected chi connectivity index (χ1v) is 7.93. The van der Waals surface area contributed by atoms with Crippen molar-refractivity contribution in [3.8, 4) is 0 Å². The van der Waals surface area contributed by atoms with Crippen molar-refractivity contribution in [2.24, 2.45) is 0 Å². The summed E-state index contributed by atoms with van der Waals surface area (Å²) in [5, 5.41) is 9.04.